The van der Waals surface area contributed by atoms with Crippen molar-refractivity contribution in [2.45, 2.75) is 25.6 Å². The van der Waals surface area contributed by atoms with Crippen molar-refractivity contribution in [1.29, 1.82) is 0 Å². The average molecular weight is 356 g/mol. The number of nitrogens with zero attached hydrogens (tertiary/aromatic N) is 4. The van der Waals surface area contributed by atoms with Gasteiger partial charge in [0.15, 0.2) is 5.65 Å². The van der Waals surface area contributed by atoms with Crippen molar-refractivity contribution < 1.29 is 4.39 Å². The summed E-state index contributed by atoms with van der Waals surface area (Å²) in [4.78, 5) is 10.8. The van der Waals surface area contributed by atoms with Gasteiger partial charge in [0.2, 0.25) is 0 Å². The topological polar surface area (TPSA) is 60.0 Å². The lowest BCUT2D eigenvalue weighted by molar-refractivity contribution is 0.142. The van der Waals surface area contributed by atoms with E-state index in [1.54, 1.807) is 6.20 Å². The molecule has 7 heteroatoms. The summed E-state index contributed by atoms with van der Waals surface area (Å²) in [6.07, 6.45) is 2.25. The van der Waals surface area contributed by atoms with Gasteiger partial charge in [0, 0.05) is 36.8 Å². The number of imidazole rings is 1. The number of hydrogen-bond acceptors (Lipinski definition) is 4. The first-order chi connectivity index (χ1) is 10.0. The van der Waals surface area contributed by atoms with E-state index in [-0.39, 0.29) is 0 Å². The molecule has 1 unspecified atom stereocenters. The van der Waals surface area contributed by atoms with Crippen molar-refractivity contribution in [1.82, 2.24) is 19.4 Å². The number of hydrogen-bond donors (Lipinski definition) is 1. The summed E-state index contributed by atoms with van der Waals surface area (Å²) in [6.45, 7) is 4.73. The standard InChI is InChI=1S/C14H19BrFN5/c1-10-19-13-12(6-11(15)7-18-13)21(10)9-14(16)2-4-20(8-14)5-3-17/h6-7H,2-5,8-9,17H2,1H3. The molecule has 1 atom stereocenters. The van der Waals surface area contributed by atoms with Gasteiger partial charge in [0.05, 0.1) is 12.1 Å². The third-order valence-corrected chi connectivity index (χ3v) is 4.47. The number of aryl methyl sites for hydroxylation is 1. The molecule has 21 heavy (non-hydrogen) atoms. The van der Waals surface area contributed by atoms with Gasteiger partial charge in [-0.3, -0.25) is 4.90 Å². The fraction of sp³-hybridized carbons (Fsp3) is 0.571. The molecule has 2 aromatic rings. The SMILES string of the molecule is Cc1nc2ncc(Br)cc2n1CC1(F)CCN(CCN)C1. The highest BCUT2D eigenvalue weighted by molar-refractivity contribution is 9.10. The summed E-state index contributed by atoms with van der Waals surface area (Å²) >= 11 is 3.41. The number of aromatic nitrogens is 3. The summed E-state index contributed by atoms with van der Waals surface area (Å²) in [5, 5.41) is 0. The van der Waals surface area contributed by atoms with Gasteiger partial charge in [0.25, 0.3) is 0 Å². The van der Waals surface area contributed by atoms with Crippen molar-refractivity contribution in [2.75, 3.05) is 26.2 Å². The molecule has 0 aliphatic carbocycles. The van der Waals surface area contributed by atoms with Crippen LogP contribution in [-0.2, 0) is 6.54 Å². The molecule has 3 rings (SSSR count). The highest BCUT2D eigenvalue weighted by atomic mass is 79.9. The Bertz CT molecular complexity index is 658. The number of nitrogens with two attached hydrogens (primary N) is 1. The van der Waals surface area contributed by atoms with Gasteiger partial charge >= 0.3 is 0 Å². The number of likely N-dealkylation sites (tertiary alicyclic amines) is 1. The van der Waals surface area contributed by atoms with Crippen molar-refractivity contribution in [3.05, 3.63) is 22.6 Å². The Morgan fingerprint density at radius 3 is 3.10 bits per heavy atom. The maximum Gasteiger partial charge on any atom is 0.177 e. The molecule has 0 spiro atoms. The second-order valence-corrected chi connectivity index (χ2v) is 6.62. The van der Waals surface area contributed by atoms with Crippen LogP contribution in [0.5, 0.6) is 0 Å². The van der Waals surface area contributed by atoms with Crippen LogP contribution in [-0.4, -0.2) is 51.3 Å². The second-order valence-electron chi connectivity index (χ2n) is 5.71. The minimum Gasteiger partial charge on any atom is -0.329 e. The lowest BCUT2D eigenvalue weighted by Crippen LogP contribution is -2.35. The summed E-state index contributed by atoms with van der Waals surface area (Å²) in [5.74, 6) is 0.796. The lowest BCUT2D eigenvalue weighted by atomic mass is 10.1. The molecule has 1 aliphatic rings. The van der Waals surface area contributed by atoms with Crippen LogP contribution in [0.3, 0.4) is 0 Å². The van der Waals surface area contributed by atoms with E-state index in [0.29, 0.717) is 31.7 Å². The maximum atomic E-state index is 15.1. The predicted octanol–water partition coefficient (Wildman–Crippen LogP) is 1.87. The largest absolute Gasteiger partial charge is 0.329 e. The quantitative estimate of drug-likeness (QED) is 0.909. The van der Waals surface area contributed by atoms with E-state index in [1.165, 1.54) is 0 Å². The van der Waals surface area contributed by atoms with Crippen LogP contribution in [0.2, 0.25) is 0 Å². The summed E-state index contributed by atoms with van der Waals surface area (Å²) < 4.78 is 17.9. The highest BCUT2D eigenvalue weighted by Crippen LogP contribution is 2.29. The zero-order valence-corrected chi connectivity index (χ0v) is 13.6. The first-order valence-corrected chi connectivity index (χ1v) is 7.90. The van der Waals surface area contributed by atoms with Crippen LogP contribution in [0.4, 0.5) is 4.39 Å². The third-order valence-electron chi connectivity index (χ3n) is 4.03. The summed E-state index contributed by atoms with van der Waals surface area (Å²) in [7, 11) is 0. The van der Waals surface area contributed by atoms with E-state index in [2.05, 4.69) is 30.8 Å². The second kappa shape index (κ2) is 5.62. The Hall–Kier alpha value is -1.05. The van der Waals surface area contributed by atoms with E-state index in [4.69, 9.17) is 5.73 Å². The molecule has 114 valence electrons. The third kappa shape index (κ3) is 2.95. The smallest absolute Gasteiger partial charge is 0.177 e. The Kier molecular flexibility index (Phi) is 3.98. The normalized spacial score (nSPS) is 23.2. The molecular weight excluding hydrogens is 337 g/mol. The molecule has 1 aliphatic heterocycles. The van der Waals surface area contributed by atoms with Crippen LogP contribution in [0.15, 0.2) is 16.7 Å². The van der Waals surface area contributed by atoms with Crippen LogP contribution in [0.1, 0.15) is 12.2 Å². The van der Waals surface area contributed by atoms with Crippen molar-refractivity contribution in [3.63, 3.8) is 0 Å². The van der Waals surface area contributed by atoms with E-state index < -0.39 is 5.67 Å². The minimum absolute atomic E-state index is 0.314. The Labute approximate surface area is 131 Å². The molecule has 1 fully saturated rings. The summed E-state index contributed by atoms with van der Waals surface area (Å²) in [6, 6.07) is 1.94. The van der Waals surface area contributed by atoms with Crippen LogP contribution in [0, 0.1) is 6.92 Å². The average Bonchev–Trinajstić information content (AvgIpc) is 2.93. The van der Waals surface area contributed by atoms with E-state index in [1.807, 2.05) is 17.6 Å². The van der Waals surface area contributed by atoms with E-state index >= 15 is 4.39 Å². The number of halogens is 2. The molecule has 5 nitrogen and oxygen atoms in total. The van der Waals surface area contributed by atoms with Gasteiger partial charge < -0.3 is 10.3 Å². The molecule has 0 bridgehead atoms. The van der Waals surface area contributed by atoms with Crippen LogP contribution < -0.4 is 5.73 Å². The fourth-order valence-corrected chi connectivity index (χ4v) is 3.32. The molecule has 0 radical (unpaired) electrons. The zero-order valence-electron chi connectivity index (χ0n) is 12.0. The predicted molar refractivity (Wildman–Crippen MR) is 83.9 cm³/mol. The molecule has 3 heterocycles. The van der Waals surface area contributed by atoms with Crippen LogP contribution >= 0.6 is 15.9 Å². The molecule has 1 saturated heterocycles. The number of pyridine rings is 1. The van der Waals surface area contributed by atoms with Crippen molar-refractivity contribution >= 4 is 27.1 Å². The molecule has 2 aromatic heterocycles. The van der Waals surface area contributed by atoms with Gasteiger partial charge in [-0.25, -0.2) is 14.4 Å². The van der Waals surface area contributed by atoms with Gasteiger partial charge in [0.1, 0.15) is 11.5 Å². The molecular formula is C14H19BrFN5. The van der Waals surface area contributed by atoms with Gasteiger partial charge in [-0.15, -0.1) is 0 Å². The molecule has 0 saturated carbocycles. The highest BCUT2D eigenvalue weighted by Gasteiger charge is 2.39. The molecule has 0 amide bonds. The number of alkyl halides is 1. The zero-order chi connectivity index (χ0) is 15.0. The van der Waals surface area contributed by atoms with Crippen molar-refractivity contribution in [2.24, 2.45) is 5.73 Å². The Balaban J connectivity index is 1.88. The van der Waals surface area contributed by atoms with E-state index in [9.17, 15) is 0 Å². The van der Waals surface area contributed by atoms with Gasteiger partial charge in [-0.1, -0.05) is 0 Å². The number of fused-ring (bicyclic) bond motifs is 1. The monoisotopic (exact) mass is 355 g/mol. The number of rotatable bonds is 4. The molecule has 0 aromatic carbocycles. The maximum absolute atomic E-state index is 15.1. The Morgan fingerprint density at radius 1 is 1.52 bits per heavy atom. The summed E-state index contributed by atoms with van der Waals surface area (Å²) in [5.41, 5.74) is 5.86. The van der Waals surface area contributed by atoms with E-state index in [0.717, 1.165) is 28.9 Å². The van der Waals surface area contributed by atoms with Crippen LogP contribution in [0.25, 0.3) is 11.2 Å². The first kappa shape index (κ1) is 14.9. The van der Waals surface area contributed by atoms with Crippen molar-refractivity contribution in [3.8, 4) is 0 Å². The molecule has 2 N–H and O–H groups in total. The van der Waals surface area contributed by atoms with Gasteiger partial charge in [-0.2, -0.15) is 0 Å². The lowest BCUT2D eigenvalue weighted by Gasteiger charge is -2.22. The fourth-order valence-electron chi connectivity index (χ4n) is 3.00. The Morgan fingerprint density at radius 2 is 2.33 bits per heavy atom. The first-order valence-electron chi connectivity index (χ1n) is 7.10. The van der Waals surface area contributed by atoms with Gasteiger partial charge in [-0.05, 0) is 35.3 Å². The minimum atomic E-state index is -1.23.